The Bertz CT molecular complexity index is 226. The quantitative estimate of drug-likeness (QED) is 0.408. The molecule has 0 nitrogen and oxygen atoms in total. The fourth-order valence-corrected chi connectivity index (χ4v) is 3.96. The molecule has 2 saturated carbocycles. The second-order valence-corrected chi connectivity index (χ2v) is 6.44. The Labute approximate surface area is 114 Å². The van der Waals surface area contributed by atoms with Gasteiger partial charge in [0.15, 0.2) is 0 Å². The fraction of sp³-hybridized carbons (Fsp3) is 0.833. The van der Waals surface area contributed by atoms with Crippen molar-refractivity contribution in [2.75, 3.05) is 0 Å². The standard InChI is InChI=1S/C18H31/c1-2-3-4-6-9-16-12-14-18(15-13-16)17-10-7-5-8-11-17/h2-3,16,18H,4-15H2,1H3/b3-2-/t16-,18-. The Kier molecular flexibility index (Phi) is 6.31. The zero-order valence-corrected chi connectivity index (χ0v) is 12.3. The van der Waals surface area contributed by atoms with E-state index >= 15 is 0 Å². The van der Waals surface area contributed by atoms with E-state index in [1.54, 1.807) is 0 Å². The molecule has 0 aromatic heterocycles. The van der Waals surface area contributed by atoms with E-state index in [0.717, 1.165) is 11.8 Å². The van der Waals surface area contributed by atoms with Crippen LogP contribution in [0.4, 0.5) is 0 Å². The van der Waals surface area contributed by atoms with Crippen molar-refractivity contribution >= 4 is 0 Å². The normalized spacial score (nSPS) is 30.9. The highest BCUT2D eigenvalue weighted by atomic mass is 14.3. The fourth-order valence-electron chi connectivity index (χ4n) is 3.96. The number of hydrogen-bond acceptors (Lipinski definition) is 0. The molecular weight excluding hydrogens is 216 g/mol. The van der Waals surface area contributed by atoms with Crippen molar-refractivity contribution in [1.29, 1.82) is 0 Å². The summed E-state index contributed by atoms with van der Waals surface area (Å²) in [7, 11) is 0. The molecule has 0 atom stereocenters. The Morgan fingerprint density at radius 3 is 2.39 bits per heavy atom. The summed E-state index contributed by atoms with van der Waals surface area (Å²) in [5, 5.41) is 0. The first-order valence-electron chi connectivity index (χ1n) is 8.36. The van der Waals surface area contributed by atoms with Gasteiger partial charge in [-0.2, -0.15) is 0 Å². The minimum Gasteiger partial charge on any atom is -0.0917 e. The highest BCUT2D eigenvalue weighted by Crippen LogP contribution is 2.42. The lowest BCUT2D eigenvalue weighted by Crippen LogP contribution is -2.22. The Hall–Kier alpha value is -0.260. The van der Waals surface area contributed by atoms with Gasteiger partial charge >= 0.3 is 0 Å². The van der Waals surface area contributed by atoms with Gasteiger partial charge in [-0.25, -0.2) is 0 Å². The highest BCUT2D eigenvalue weighted by Gasteiger charge is 2.28. The van der Waals surface area contributed by atoms with Crippen LogP contribution in [-0.2, 0) is 0 Å². The van der Waals surface area contributed by atoms with Gasteiger partial charge in [-0.15, -0.1) is 0 Å². The third-order valence-electron chi connectivity index (χ3n) is 5.14. The van der Waals surface area contributed by atoms with Gasteiger partial charge in [0.25, 0.3) is 0 Å². The molecule has 1 radical (unpaired) electrons. The van der Waals surface area contributed by atoms with E-state index in [0.29, 0.717) is 0 Å². The average Bonchev–Trinajstić information content (AvgIpc) is 2.45. The molecule has 0 heteroatoms. The van der Waals surface area contributed by atoms with Crippen LogP contribution in [0.5, 0.6) is 0 Å². The summed E-state index contributed by atoms with van der Waals surface area (Å²) in [6, 6.07) is 0. The molecule has 18 heavy (non-hydrogen) atoms. The summed E-state index contributed by atoms with van der Waals surface area (Å²) in [4.78, 5) is 0. The van der Waals surface area contributed by atoms with E-state index in [-0.39, 0.29) is 0 Å². The lowest BCUT2D eigenvalue weighted by molar-refractivity contribution is 0.248. The maximum absolute atomic E-state index is 2.32. The van der Waals surface area contributed by atoms with Crippen LogP contribution < -0.4 is 0 Å². The van der Waals surface area contributed by atoms with Crippen LogP contribution in [0.15, 0.2) is 12.2 Å². The molecule has 0 unspecified atom stereocenters. The Balaban J connectivity index is 1.61. The summed E-state index contributed by atoms with van der Waals surface area (Å²) in [5.74, 6) is 4.03. The summed E-state index contributed by atoms with van der Waals surface area (Å²) < 4.78 is 0. The van der Waals surface area contributed by atoms with Gasteiger partial charge in [-0.1, -0.05) is 50.7 Å². The minimum atomic E-state index is 1.03. The predicted molar refractivity (Wildman–Crippen MR) is 80.4 cm³/mol. The van der Waals surface area contributed by atoms with Crippen LogP contribution in [0, 0.1) is 17.8 Å². The zero-order chi connectivity index (χ0) is 12.6. The maximum Gasteiger partial charge on any atom is -0.0210 e. The number of unbranched alkanes of at least 4 members (excludes halogenated alkanes) is 1. The summed E-state index contributed by atoms with van der Waals surface area (Å²) >= 11 is 0. The van der Waals surface area contributed by atoms with Crippen LogP contribution >= 0.6 is 0 Å². The predicted octanol–water partition coefficient (Wildman–Crippen LogP) is 6.08. The van der Waals surface area contributed by atoms with Gasteiger partial charge in [0.05, 0.1) is 0 Å². The average molecular weight is 247 g/mol. The van der Waals surface area contributed by atoms with Gasteiger partial charge in [-0.05, 0) is 63.2 Å². The third kappa shape index (κ3) is 4.44. The van der Waals surface area contributed by atoms with Crippen molar-refractivity contribution in [3.63, 3.8) is 0 Å². The topological polar surface area (TPSA) is 0 Å². The first-order chi connectivity index (χ1) is 8.90. The molecule has 0 saturated heterocycles. The molecule has 0 bridgehead atoms. The molecule has 0 N–H and O–H groups in total. The largest absolute Gasteiger partial charge is 0.0917 e. The monoisotopic (exact) mass is 247 g/mol. The Morgan fingerprint density at radius 2 is 1.72 bits per heavy atom. The van der Waals surface area contributed by atoms with Crippen molar-refractivity contribution in [1.82, 2.24) is 0 Å². The minimum absolute atomic E-state index is 1.03. The van der Waals surface area contributed by atoms with Crippen molar-refractivity contribution in [3.8, 4) is 0 Å². The van der Waals surface area contributed by atoms with Crippen molar-refractivity contribution in [2.24, 2.45) is 11.8 Å². The molecule has 0 aromatic carbocycles. The van der Waals surface area contributed by atoms with Gasteiger partial charge in [-0.3, -0.25) is 0 Å². The molecule has 2 aliphatic carbocycles. The second kappa shape index (κ2) is 8.02. The summed E-state index contributed by atoms with van der Waals surface area (Å²) in [5.41, 5.74) is 0. The molecule has 2 aliphatic rings. The smallest absolute Gasteiger partial charge is 0.0210 e. The number of allylic oxidation sites excluding steroid dienone is 2. The van der Waals surface area contributed by atoms with Crippen molar-refractivity contribution in [3.05, 3.63) is 18.1 Å². The first kappa shape index (κ1) is 14.2. The number of hydrogen-bond donors (Lipinski definition) is 0. The first-order valence-corrected chi connectivity index (χ1v) is 8.36. The SMILES string of the molecule is C/C=C\CCC[C@H]1CC[C@H]([C]2CCCCC2)CC1. The molecule has 2 fully saturated rings. The highest BCUT2D eigenvalue weighted by molar-refractivity contribution is 5.00. The van der Waals surface area contributed by atoms with E-state index < -0.39 is 0 Å². The van der Waals surface area contributed by atoms with E-state index in [9.17, 15) is 0 Å². The summed E-state index contributed by atoms with van der Waals surface area (Å²) in [6.07, 6.45) is 22.2. The molecular formula is C18H31. The van der Waals surface area contributed by atoms with Gasteiger partial charge < -0.3 is 0 Å². The molecule has 0 aromatic rings. The van der Waals surface area contributed by atoms with Gasteiger partial charge in [0.1, 0.15) is 0 Å². The molecule has 0 aliphatic heterocycles. The van der Waals surface area contributed by atoms with Crippen LogP contribution in [-0.4, -0.2) is 0 Å². The molecule has 0 heterocycles. The summed E-state index contributed by atoms with van der Waals surface area (Å²) in [6.45, 7) is 2.13. The molecule has 0 spiro atoms. The van der Waals surface area contributed by atoms with E-state index in [2.05, 4.69) is 19.1 Å². The third-order valence-corrected chi connectivity index (χ3v) is 5.14. The van der Waals surface area contributed by atoms with E-state index in [1.807, 2.05) is 5.92 Å². The lowest BCUT2D eigenvalue weighted by atomic mass is 9.70. The molecule has 2 rings (SSSR count). The van der Waals surface area contributed by atoms with Gasteiger partial charge in [0.2, 0.25) is 0 Å². The van der Waals surface area contributed by atoms with Gasteiger partial charge in [0, 0.05) is 0 Å². The van der Waals surface area contributed by atoms with Crippen LogP contribution in [0.2, 0.25) is 0 Å². The zero-order valence-electron chi connectivity index (χ0n) is 12.3. The van der Waals surface area contributed by atoms with Crippen molar-refractivity contribution < 1.29 is 0 Å². The van der Waals surface area contributed by atoms with E-state index in [4.69, 9.17) is 0 Å². The number of rotatable bonds is 5. The van der Waals surface area contributed by atoms with Crippen LogP contribution in [0.25, 0.3) is 0 Å². The lowest BCUT2D eigenvalue weighted by Gasteiger charge is -2.35. The van der Waals surface area contributed by atoms with E-state index in [1.165, 1.54) is 77.0 Å². The maximum atomic E-state index is 2.32. The molecule has 0 amide bonds. The second-order valence-electron chi connectivity index (χ2n) is 6.44. The molecule has 103 valence electrons. The van der Waals surface area contributed by atoms with Crippen LogP contribution in [0.3, 0.4) is 0 Å². The Morgan fingerprint density at radius 1 is 1.00 bits per heavy atom. The van der Waals surface area contributed by atoms with Crippen molar-refractivity contribution in [2.45, 2.75) is 84.0 Å². The van der Waals surface area contributed by atoms with Crippen LogP contribution in [0.1, 0.15) is 84.0 Å².